The molecule has 0 aromatic heterocycles. The minimum absolute atomic E-state index is 0.0671. The van der Waals surface area contributed by atoms with Crippen molar-refractivity contribution in [2.24, 2.45) is 0 Å². The summed E-state index contributed by atoms with van der Waals surface area (Å²) >= 11 is 0. The highest BCUT2D eigenvalue weighted by Crippen LogP contribution is 2.26. The van der Waals surface area contributed by atoms with E-state index in [2.05, 4.69) is 6.07 Å². The van der Waals surface area contributed by atoms with E-state index in [4.69, 9.17) is 9.84 Å². The van der Waals surface area contributed by atoms with E-state index in [-0.39, 0.29) is 12.2 Å². The fraction of sp³-hybridized carbons (Fsp3) is 0.235. The van der Waals surface area contributed by atoms with Crippen molar-refractivity contribution in [2.45, 2.75) is 25.9 Å². The molecule has 0 radical (unpaired) electrons. The zero-order valence-electron chi connectivity index (χ0n) is 11.4. The van der Waals surface area contributed by atoms with Crippen LogP contribution in [0.15, 0.2) is 36.4 Å². The maximum absolute atomic E-state index is 13.4. The van der Waals surface area contributed by atoms with Gasteiger partial charge in [0.05, 0.1) is 5.56 Å². The molecule has 0 spiro atoms. The van der Waals surface area contributed by atoms with Crippen LogP contribution in [0, 0.1) is 5.82 Å². The van der Waals surface area contributed by atoms with Crippen molar-refractivity contribution in [3.8, 4) is 5.75 Å². The molecular formula is C17H15FO3. The Hall–Kier alpha value is -2.36. The second-order valence-electron chi connectivity index (χ2n) is 5.23. The van der Waals surface area contributed by atoms with Crippen molar-refractivity contribution >= 4 is 5.97 Å². The summed E-state index contributed by atoms with van der Waals surface area (Å²) in [5, 5.41) is 8.92. The minimum atomic E-state index is -1.15. The fourth-order valence-electron chi connectivity index (χ4n) is 2.66. The van der Waals surface area contributed by atoms with Crippen molar-refractivity contribution in [1.29, 1.82) is 0 Å². The molecule has 3 rings (SSSR count). The molecule has 4 heteroatoms. The molecule has 2 aromatic rings. The standard InChI is InChI=1S/C17H15FO3/c18-15-7-11(6-14(8-15)17(19)20)10-21-16-5-4-12-2-1-3-13(12)9-16/h4-9H,1-3,10H2,(H,19,20). The highest BCUT2D eigenvalue weighted by atomic mass is 19.1. The SMILES string of the molecule is O=C(O)c1cc(F)cc(COc2ccc3c(c2)CCC3)c1. The van der Waals surface area contributed by atoms with E-state index in [0.717, 1.165) is 24.7 Å². The first kappa shape index (κ1) is 13.6. The highest BCUT2D eigenvalue weighted by molar-refractivity contribution is 5.87. The molecular weight excluding hydrogens is 271 g/mol. The number of halogens is 1. The monoisotopic (exact) mass is 286 g/mol. The van der Waals surface area contributed by atoms with Crippen LogP contribution in [-0.2, 0) is 19.4 Å². The molecule has 2 aromatic carbocycles. The Kier molecular flexibility index (Phi) is 3.60. The maximum Gasteiger partial charge on any atom is 0.335 e. The molecule has 0 unspecified atom stereocenters. The molecule has 0 fully saturated rings. The Balaban J connectivity index is 1.74. The average Bonchev–Trinajstić information content (AvgIpc) is 2.92. The summed E-state index contributed by atoms with van der Waals surface area (Å²) in [6.45, 7) is 0.150. The van der Waals surface area contributed by atoms with Gasteiger partial charge in [-0.1, -0.05) is 6.07 Å². The summed E-state index contributed by atoms with van der Waals surface area (Å²) in [5.74, 6) is -0.979. The largest absolute Gasteiger partial charge is 0.489 e. The average molecular weight is 286 g/mol. The normalized spacial score (nSPS) is 13.0. The van der Waals surface area contributed by atoms with E-state index < -0.39 is 11.8 Å². The molecule has 1 aliphatic carbocycles. The van der Waals surface area contributed by atoms with E-state index >= 15 is 0 Å². The number of carboxylic acid groups (broad SMARTS) is 1. The maximum atomic E-state index is 13.4. The minimum Gasteiger partial charge on any atom is -0.489 e. The van der Waals surface area contributed by atoms with Crippen LogP contribution in [0.5, 0.6) is 5.75 Å². The number of ether oxygens (including phenoxy) is 1. The Bertz CT molecular complexity index is 694. The summed E-state index contributed by atoms with van der Waals surface area (Å²) in [5.41, 5.74) is 3.11. The quantitative estimate of drug-likeness (QED) is 0.934. The van der Waals surface area contributed by atoms with Crippen molar-refractivity contribution < 1.29 is 19.0 Å². The molecule has 1 aliphatic rings. The van der Waals surface area contributed by atoms with Crippen molar-refractivity contribution in [3.63, 3.8) is 0 Å². The molecule has 108 valence electrons. The van der Waals surface area contributed by atoms with Crippen LogP contribution in [0.2, 0.25) is 0 Å². The van der Waals surface area contributed by atoms with Gasteiger partial charge in [-0.25, -0.2) is 9.18 Å². The Labute approximate surface area is 122 Å². The van der Waals surface area contributed by atoms with Crippen LogP contribution in [-0.4, -0.2) is 11.1 Å². The molecule has 0 atom stereocenters. The highest BCUT2D eigenvalue weighted by Gasteiger charge is 2.12. The molecule has 0 amide bonds. The van der Waals surface area contributed by atoms with Gasteiger partial charge in [-0.05, 0) is 66.3 Å². The number of rotatable bonds is 4. The number of hydrogen-bond donors (Lipinski definition) is 1. The van der Waals surface area contributed by atoms with Crippen LogP contribution in [0.25, 0.3) is 0 Å². The summed E-state index contributed by atoms with van der Waals surface area (Å²) in [6, 6.07) is 9.70. The van der Waals surface area contributed by atoms with E-state index in [1.807, 2.05) is 12.1 Å². The lowest BCUT2D eigenvalue weighted by atomic mass is 10.1. The lowest BCUT2D eigenvalue weighted by Gasteiger charge is -2.09. The van der Waals surface area contributed by atoms with E-state index in [1.165, 1.54) is 29.7 Å². The number of aryl methyl sites for hydroxylation is 2. The molecule has 0 aliphatic heterocycles. The van der Waals surface area contributed by atoms with Gasteiger partial charge in [-0.2, -0.15) is 0 Å². The van der Waals surface area contributed by atoms with Crippen LogP contribution in [0.1, 0.15) is 33.5 Å². The van der Waals surface area contributed by atoms with Crippen LogP contribution >= 0.6 is 0 Å². The van der Waals surface area contributed by atoms with Crippen LogP contribution in [0.4, 0.5) is 4.39 Å². The van der Waals surface area contributed by atoms with Gasteiger partial charge in [0, 0.05) is 0 Å². The van der Waals surface area contributed by atoms with Gasteiger partial charge in [0.15, 0.2) is 0 Å². The molecule has 3 nitrogen and oxygen atoms in total. The van der Waals surface area contributed by atoms with Gasteiger partial charge in [0.25, 0.3) is 0 Å². The van der Waals surface area contributed by atoms with Crippen LogP contribution in [0.3, 0.4) is 0 Å². The Morgan fingerprint density at radius 2 is 1.95 bits per heavy atom. The first-order valence-electron chi connectivity index (χ1n) is 6.89. The number of carboxylic acids is 1. The summed E-state index contributed by atoms with van der Waals surface area (Å²) in [4.78, 5) is 10.9. The number of carbonyl (C=O) groups is 1. The first-order valence-corrected chi connectivity index (χ1v) is 6.89. The lowest BCUT2D eigenvalue weighted by molar-refractivity contribution is 0.0696. The zero-order valence-corrected chi connectivity index (χ0v) is 11.4. The van der Waals surface area contributed by atoms with Crippen molar-refractivity contribution in [3.05, 3.63) is 64.5 Å². The van der Waals surface area contributed by atoms with E-state index in [0.29, 0.717) is 5.56 Å². The molecule has 21 heavy (non-hydrogen) atoms. The third-order valence-electron chi connectivity index (χ3n) is 3.68. The summed E-state index contributed by atoms with van der Waals surface area (Å²) in [6.07, 6.45) is 3.35. The third-order valence-corrected chi connectivity index (χ3v) is 3.68. The predicted molar refractivity (Wildman–Crippen MR) is 76.2 cm³/mol. The number of hydrogen-bond acceptors (Lipinski definition) is 2. The molecule has 0 bridgehead atoms. The fourth-order valence-corrected chi connectivity index (χ4v) is 2.66. The van der Waals surface area contributed by atoms with Gasteiger partial charge in [0.2, 0.25) is 0 Å². The predicted octanol–water partition coefficient (Wildman–Crippen LogP) is 3.59. The summed E-state index contributed by atoms with van der Waals surface area (Å²) < 4.78 is 19.0. The van der Waals surface area contributed by atoms with Gasteiger partial charge in [-0.15, -0.1) is 0 Å². The number of fused-ring (bicyclic) bond motifs is 1. The van der Waals surface area contributed by atoms with Crippen molar-refractivity contribution in [1.82, 2.24) is 0 Å². The summed E-state index contributed by atoms with van der Waals surface area (Å²) in [7, 11) is 0. The molecule has 1 N–H and O–H groups in total. The molecule has 0 saturated heterocycles. The zero-order chi connectivity index (χ0) is 14.8. The van der Waals surface area contributed by atoms with Crippen LogP contribution < -0.4 is 4.74 Å². The molecule has 0 heterocycles. The van der Waals surface area contributed by atoms with E-state index in [1.54, 1.807) is 0 Å². The Morgan fingerprint density at radius 3 is 2.76 bits per heavy atom. The number of aromatic carboxylic acids is 1. The van der Waals surface area contributed by atoms with Crippen molar-refractivity contribution in [2.75, 3.05) is 0 Å². The van der Waals surface area contributed by atoms with Gasteiger partial charge in [-0.3, -0.25) is 0 Å². The lowest BCUT2D eigenvalue weighted by Crippen LogP contribution is -2.02. The third kappa shape index (κ3) is 3.05. The first-order chi connectivity index (χ1) is 10.1. The number of benzene rings is 2. The van der Waals surface area contributed by atoms with Gasteiger partial charge >= 0.3 is 5.97 Å². The Morgan fingerprint density at radius 1 is 1.14 bits per heavy atom. The second-order valence-corrected chi connectivity index (χ2v) is 5.23. The topological polar surface area (TPSA) is 46.5 Å². The van der Waals surface area contributed by atoms with Gasteiger partial charge in [0.1, 0.15) is 18.2 Å². The smallest absolute Gasteiger partial charge is 0.335 e. The van der Waals surface area contributed by atoms with Gasteiger partial charge < -0.3 is 9.84 Å². The second kappa shape index (κ2) is 5.56. The molecule has 0 saturated carbocycles. The van der Waals surface area contributed by atoms with E-state index in [9.17, 15) is 9.18 Å².